The molecule has 0 heterocycles. The first-order chi connectivity index (χ1) is 9.11. The van der Waals surface area contributed by atoms with Crippen molar-refractivity contribution in [2.45, 2.75) is 84.3 Å². The molecule has 0 radical (unpaired) electrons. The third kappa shape index (κ3) is 4.46. The van der Waals surface area contributed by atoms with Crippen molar-refractivity contribution in [1.29, 1.82) is 0 Å². The molecular formula is C17H34N2. The molecule has 3 atom stereocenters. The molecule has 0 aromatic rings. The molecule has 0 amide bonds. The summed E-state index contributed by atoms with van der Waals surface area (Å²) in [7, 11) is 0. The Kier molecular flexibility index (Phi) is 5.70. The Morgan fingerprint density at radius 3 is 2.47 bits per heavy atom. The molecule has 1 N–H and O–H groups in total. The number of nitrogens with zero attached hydrogens (tertiary/aromatic N) is 1. The molecule has 2 aliphatic carbocycles. The molecule has 2 aliphatic rings. The standard InChI is InChI=1S/C17H34N2/c1-5-10-18-16-9-6-14(4)11-17(16)19(13(2)3)12-15-7-8-15/h13-18H,5-12H2,1-4H3. The van der Waals surface area contributed by atoms with Crippen LogP contribution in [0, 0.1) is 11.8 Å². The van der Waals surface area contributed by atoms with E-state index < -0.39 is 0 Å². The van der Waals surface area contributed by atoms with Crippen molar-refractivity contribution in [3.63, 3.8) is 0 Å². The summed E-state index contributed by atoms with van der Waals surface area (Å²) < 4.78 is 0. The molecule has 0 aromatic carbocycles. The van der Waals surface area contributed by atoms with Gasteiger partial charge in [0, 0.05) is 24.7 Å². The molecule has 2 fully saturated rings. The summed E-state index contributed by atoms with van der Waals surface area (Å²) >= 11 is 0. The van der Waals surface area contributed by atoms with E-state index in [1.165, 1.54) is 51.6 Å². The second-order valence-corrected chi connectivity index (χ2v) is 7.28. The highest BCUT2D eigenvalue weighted by atomic mass is 15.2. The highest BCUT2D eigenvalue weighted by Crippen LogP contribution is 2.34. The van der Waals surface area contributed by atoms with Crippen molar-refractivity contribution >= 4 is 0 Å². The molecule has 2 nitrogen and oxygen atoms in total. The van der Waals surface area contributed by atoms with E-state index in [0.29, 0.717) is 6.04 Å². The molecule has 2 heteroatoms. The van der Waals surface area contributed by atoms with Crippen LogP contribution in [0.15, 0.2) is 0 Å². The molecule has 0 spiro atoms. The maximum absolute atomic E-state index is 3.83. The monoisotopic (exact) mass is 266 g/mol. The lowest BCUT2D eigenvalue weighted by molar-refractivity contribution is 0.0704. The third-order valence-corrected chi connectivity index (χ3v) is 4.99. The van der Waals surface area contributed by atoms with Gasteiger partial charge in [-0.15, -0.1) is 0 Å². The highest BCUT2D eigenvalue weighted by molar-refractivity contribution is 4.93. The first-order valence-electron chi connectivity index (χ1n) is 8.61. The topological polar surface area (TPSA) is 15.3 Å². The molecule has 0 aliphatic heterocycles. The van der Waals surface area contributed by atoms with Crippen LogP contribution >= 0.6 is 0 Å². The summed E-state index contributed by atoms with van der Waals surface area (Å²) in [4.78, 5) is 2.82. The predicted octanol–water partition coefficient (Wildman–Crippen LogP) is 3.66. The van der Waals surface area contributed by atoms with E-state index in [-0.39, 0.29) is 0 Å². The van der Waals surface area contributed by atoms with Gasteiger partial charge in [0.1, 0.15) is 0 Å². The first kappa shape index (κ1) is 15.3. The molecule has 3 unspecified atom stereocenters. The summed E-state index contributed by atoms with van der Waals surface area (Å²) in [5.74, 6) is 1.91. The van der Waals surface area contributed by atoms with Crippen molar-refractivity contribution in [3.05, 3.63) is 0 Å². The van der Waals surface area contributed by atoms with E-state index >= 15 is 0 Å². The molecule has 0 aromatic heterocycles. The fourth-order valence-corrected chi connectivity index (χ4v) is 3.61. The Labute approximate surface area is 120 Å². The highest BCUT2D eigenvalue weighted by Gasteiger charge is 2.36. The summed E-state index contributed by atoms with van der Waals surface area (Å²) in [6, 6.07) is 2.20. The van der Waals surface area contributed by atoms with Crippen molar-refractivity contribution in [2.24, 2.45) is 11.8 Å². The van der Waals surface area contributed by atoms with Gasteiger partial charge in [-0.25, -0.2) is 0 Å². The van der Waals surface area contributed by atoms with Crippen LogP contribution in [0.2, 0.25) is 0 Å². The van der Waals surface area contributed by atoms with Crippen LogP contribution < -0.4 is 5.32 Å². The molecule has 0 bridgehead atoms. The van der Waals surface area contributed by atoms with Gasteiger partial charge in [0.05, 0.1) is 0 Å². The summed E-state index contributed by atoms with van der Waals surface area (Å²) in [5, 5.41) is 3.83. The maximum atomic E-state index is 3.83. The van der Waals surface area contributed by atoms with Gasteiger partial charge in [0.15, 0.2) is 0 Å². The van der Waals surface area contributed by atoms with Gasteiger partial charge < -0.3 is 5.32 Å². The van der Waals surface area contributed by atoms with Crippen LogP contribution in [0.4, 0.5) is 0 Å². The number of hydrogen-bond acceptors (Lipinski definition) is 2. The first-order valence-corrected chi connectivity index (χ1v) is 8.61. The van der Waals surface area contributed by atoms with E-state index in [1.807, 2.05) is 0 Å². The van der Waals surface area contributed by atoms with Crippen LogP contribution in [-0.4, -0.2) is 36.1 Å². The van der Waals surface area contributed by atoms with E-state index in [0.717, 1.165) is 23.9 Å². The fraction of sp³-hybridized carbons (Fsp3) is 1.00. The van der Waals surface area contributed by atoms with Crippen molar-refractivity contribution in [3.8, 4) is 0 Å². The molecule has 0 saturated heterocycles. The smallest absolute Gasteiger partial charge is 0.0254 e. The van der Waals surface area contributed by atoms with Gasteiger partial charge in [0.25, 0.3) is 0 Å². The van der Waals surface area contributed by atoms with Gasteiger partial charge in [-0.3, -0.25) is 4.90 Å². The van der Waals surface area contributed by atoms with Crippen LogP contribution in [0.3, 0.4) is 0 Å². The lowest BCUT2D eigenvalue weighted by Crippen LogP contribution is -2.55. The Bertz CT molecular complexity index is 258. The largest absolute Gasteiger partial charge is 0.312 e. The van der Waals surface area contributed by atoms with Gasteiger partial charge in [-0.2, -0.15) is 0 Å². The Hall–Kier alpha value is -0.0800. The van der Waals surface area contributed by atoms with Gasteiger partial charge in [-0.05, 0) is 70.8 Å². The number of hydrogen-bond donors (Lipinski definition) is 1. The van der Waals surface area contributed by atoms with E-state index in [9.17, 15) is 0 Å². The minimum absolute atomic E-state index is 0.696. The Morgan fingerprint density at radius 2 is 1.89 bits per heavy atom. The second kappa shape index (κ2) is 7.08. The van der Waals surface area contributed by atoms with Crippen LogP contribution in [0.1, 0.15) is 66.2 Å². The van der Waals surface area contributed by atoms with E-state index in [2.05, 4.69) is 37.9 Å². The number of nitrogens with one attached hydrogen (secondary N) is 1. The Morgan fingerprint density at radius 1 is 1.16 bits per heavy atom. The third-order valence-electron chi connectivity index (χ3n) is 4.99. The molecule has 19 heavy (non-hydrogen) atoms. The fourth-order valence-electron chi connectivity index (χ4n) is 3.61. The second-order valence-electron chi connectivity index (χ2n) is 7.28. The molecule has 112 valence electrons. The lowest BCUT2D eigenvalue weighted by atomic mass is 9.82. The normalized spacial score (nSPS) is 32.2. The van der Waals surface area contributed by atoms with E-state index in [4.69, 9.17) is 0 Å². The predicted molar refractivity (Wildman–Crippen MR) is 83.5 cm³/mol. The number of rotatable bonds is 7. The lowest BCUT2D eigenvalue weighted by Gasteiger charge is -2.44. The SMILES string of the molecule is CCCNC1CCC(C)CC1N(CC1CC1)C(C)C. The minimum Gasteiger partial charge on any atom is -0.312 e. The average molecular weight is 266 g/mol. The molecular weight excluding hydrogens is 232 g/mol. The average Bonchev–Trinajstić information content (AvgIpc) is 3.18. The minimum atomic E-state index is 0.696. The van der Waals surface area contributed by atoms with Gasteiger partial charge in [-0.1, -0.05) is 13.8 Å². The van der Waals surface area contributed by atoms with Crippen LogP contribution in [0.25, 0.3) is 0 Å². The summed E-state index contributed by atoms with van der Waals surface area (Å²) in [6.45, 7) is 12.0. The van der Waals surface area contributed by atoms with Gasteiger partial charge in [0.2, 0.25) is 0 Å². The van der Waals surface area contributed by atoms with Crippen LogP contribution in [0.5, 0.6) is 0 Å². The zero-order chi connectivity index (χ0) is 13.8. The van der Waals surface area contributed by atoms with Crippen LogP contribution in [-0.2, 0) is 0 Å². The summed E-state index contributed by atoms with van der Waals surface area (Å²) in [6.07, 6.45) is 8.37. The van der Waals surface area contributed by atoms with Crippen molar-refractivity contribution in [2.75, 3.05) is 13.1 Å². The zero-order valence-electron chi connectivity index (χ0n) is 13.5. The molecule has 2 saturated carbocycles. The van der Waals surface area contributed by atoms with Crippen molar-refractivity contribution in [1.82, 2.24) is 10.2 Å². The van der Waals surface area contributed by atoms with E-state index in [1.54, 1.807) is 0 Å². The zero-order valence-corrected chi connectivity index (χ0v) is 13.5. The quantitative estimate of drug-likeness (QED) is 0.756. The summed E-state index contributed by atoms with van der Waals surface area (Å²) in [5.41, 5.74) is 0. The maximum Gasteiger partial charge on any atom is 0.0254 e. The molecule has 2 rings (SSSR count). The van der Waals surface area contributed by atoms with Crippen molar-refractivity contribution < 1.29 is 0 Å². The Balaban J connectivity index is 1.99. The van der Waals surface area contributed by atoms with Gasteiger partial charge >= 0.3 is 0 Å².